The minimum atomic E-state index is -1.02. The Morgan fingerprint density at radius 1 is 0.914 bits per heavy atom. The third-order valence-electron chi connectivity index (χ3n) is 5.32. The highest BCUT2D eigenvalue weighted by atomic mass is 16.5. The summed E-state index contributed by atoms with van der Waals surface area (Å²) >= 11 is 0. The Labute approximate surface area is 203 Å². The van der Waals surface area contributed by atoms with Gasteiger partial charge in [0.15, 0.2) is 0 Å². The third-order valence-corrected chi connectivity index (χ3v) is 5.32. The Hall–Kier alpha value is -4.17. The lowest BCUT2D eigenvalue weighted by molar-refractivity contribution is -0.126. The number of anilines is 2. The van der Waals surface area contributed by atoms with Gasteiger partial charge < -0.3 is 20.3 Å². The standard InChI is InChI=1S/C27H28N2O6/c1-18(2)25(29(24(32)16-30)22-10-6-7-11-23(22)31)26(33)28-21-14-12-20(13-15-21)27(34)35-17-19-8-4-3-5-9-19/h3-15,18,25,30-31H,16-17H2,1-2H3,(H,28,33). The van der Waals surface area contributed by atoms with Gasteiger partial charge in [-0.2, -0.15) is 0 Å². The number of hydrogen-bond acceptors (Lipinski definition) is 6. The summed E-state index contributed by atoms with van der Waals surface area (Å²) in [5, 5.41) is 22.5. The summed E-state index contributed by atoms with van der Waals surface area (Å²) in [5.41, 5.74) is 1.73. The number of carbonyl (C=O) groups is 3. The molecule has 0 saturated heterocycles. The van der Waals surface area contributed by atoms with Crippen LogP contribution in [0.4, 0.5) is 11.4 Å². The van der Waals surface area contributed by atoms with Crippen molar-refractivity contribution in [3.63, 3.8) is 0 Å². The van der Waals surface area contributed by atoms with Crippen LogP contribution in [0.2, 0.25) is 0 Å². The minimum absolute atomic E-state index is 0.122. The van der Waals surface area contributed by atoms with Crippen LogP contribution < -0.4 is 10.2 Å². The van der Waals surface area contributed by atoms with E-state index in [1.54, 1.807) is 38.1 Å². The van der Waals surface area contributed by atoms with Gasteiger partial charge in [0.1, 0.15) is 25.0 Å². The Bertz CT molecular complexity index is 1160. The van der Waals surface area contributed by atoms with E-state index in [9.17, 15) is 24.6 Å². The molecule has 0 bridgehead atoms. The Kier molecular flexibility index (Phi) is 8.58. The van der Waals surface area contributed by atoms with Crippen LogP contribution in [0, 0.1) is 5.92 Å². The fourth-order valence-electron chi connectivity index (χ4n) is 3.61. The highest BCUT2D eigenvalue weighted by molar-refractivity contribution is 6.06. The summed E-state index contributed by atoms with van der Waals surface area (Å²) in [7, 11) is 0. The van der Waals surface area contributed by atoms with Gasteiger partial charge in [0.25, 0.3) is 5.91 Å². The molecular formula is C27H28N2O6. The van der Waals surface area contributed by atoms with Crippen LogP contribution in [0.25, 0.3) is 0 Å². The molecule has 3 aromatic carbocycles. The number of nitrogens with zero attached hydrogens (tertiary/aromatic N) is 1. The number of benzene rings is 3. The van der Waals surface area contributed by atoms with E-state index in [4.69, 9.17) is 4.74 Å². The van der Waals surface area contributed by atoms with E-state index < -0.39 is 30.4 Å². The predicted octanol–water partition coefficient (Wildman–Crippen LogP) is 3.74. The number of para-hydroxylation sites is 2. The molecule has 3 rings (SSSR count). The summed E-state index contributed by atoms with van der Waals surface area (Å²) in [5.74, 6) is -2.27. The van der Waals surface area contributed by atoms with Crippen molar-refractivity contribution in [1.29, 1.82) is 0 Å². The van der Waals surface area contributed by atoms with Crippen molar-refractivity contribution in [2.45, 2.75) is 26.5 Å². The first-order chi connectivity index (χ1) is 16.8. The van der Waals surface area contributed by atoms with Gasteiger partial charge in [-0.15, -0.1) is 0 Å². The second-order valence-corrected chi connectivity index (χ2v) is 8.23. The number of aliphatic hydroxyl groups excluding tert-OH is 1. The molecule has 0 aliphatic heterocycles. The highest BCUT2D eigenvalue weighted by Gasteiger charge is 2.34. The number of nitrogens with one attached hydrogen (secondary N) is 1. The summed E-state index contributed by atoms with van der Waals surface area (Å²) in [4.78, 5) is 39.2. The van der Waals surface area contributed by atoms with Crippen molar-refractivity contribution in [1.82, 2.24) is 0 Å². The largest absolute Gasteiger partial charge is 0.506 e. The van der Waals surface area contributed by atoms with Crippen LogP contribution in [0.3, 0.4) is 0 Å². The number of rotatable bonds is 9. The molecule has 0 radical (unpaired) electrons. The van der Waals surface area contributed by atoms with Crippen LogP contribution in [0.5, 0.6) is 5.75 Å². The van der Waals surface area contributed by atoms with E-state index in [-0.39, 0.29) is 24.0 Å². The number of carbonyl (C=O) groups excluding carboxylic acids is 3. The fraction of sp³-hybridized carbons (Fsp3) is 0.222. The lowest BCUT2D eigenvalue weighted by Crippen LogP contribution is -2.51. The maximum atomic E-state index is 13.2. The van der Waals surface area contributed by atoms with Crippen molar-refractivity contribution >= 4 is 29.2 Å². The molecule has 3 N–H and O–H groups in total. The number of phenolic OH excluding ortho intramolecular Hbond substituents is 1. The second kappa shape index (κ2) is 11.8. The Morgan fingerprint density at radius 2 is 1.54 bits per heavy atom. The molecule has 1 atom stereocenters. The Balaban J connectivity index is 1.74. The lowest BCUT2D eigenvalue weighted by Gasteiger charge is -2.33. The first-order valence-electron chi connectivity index (χ1n) is 11.1. The smallest absolute Gasteiger partial charge is 0.338 e. The number of amides is 2. The van der Waals surface area contributed by atoms with E-state index in [0.29, 0.717) is 11.3 Å². The number of aromatic hydroxyl groups is 1. The van der Waals surface area contributed by atoms with E-state index in [2.05, 4.69) is 5.32 Å². The number of ether oxygens (including phenoxy) is 1. The van der Waals surface area contributed by atoms with Crippen molar-refractivity contribution in [2.75, 3.05) is 16.8 Å². The van der Waals surface area contributed by atoms with Crippen molar-refractivity contribution in [2.24, 2.45) is 5.92 Å². The molecule has 8 nitrogen and oxygen atoms in total. The molecule has 0 heterocycles. The molecule has 35 heavy (non-hydrogen) atoms. The normalized spacial score (nSPS) is 11.5. The van der Waals surface area contributed by atoms with Gasteiger partial charge in [-0.3, -0.25) is 14.5 Å². The molecule has 0 aliphatic carbocycles. The quantitative estimate of drug-likeness (QED) is 0.405. The van der Waals surface area contributed by atoms with Gasteiger partial charge in [0.05, 0.1) is 11.3 Å². The topological polar surface area (TPSA) is 116 Å². The zero-order valence-corrected chi connectivity index (χ0v) is 19.5. The third kappa shape index (κ3) is 6.45. The number of phenols is 1. The van der Waals surface area contributed by atoms with Crippen LogP contribution in [-0.2, 0) is 20.9 Å². The summed E-state index contributed by atoms with van der Waals surface area (Å²) in [6, 6.07) is 20.6. The van der Waals surface area contributed by atoms with E-state index in [1.807, 2.05) is 30.3 Å². The molecule has 8 heteroatoms. The molecule has 0 aliphatic rings. The number of hydrogen-bond donors (Lipinski definition) is 3. The summed E-state index contributed by atoms with van der Waals surface area (Å²) in [6.45, 7) is 2.83. The zero-order valence-electron chi connectivity index (χ0n) is 19.5. The molecule has 0 spiro atoms. The molecular weight excluding hydrogens is 448 g/mol. The van der Waals surface area contributed by atoms with Crippen molar-refractivity contribution in [3.05, 3.63) is 90.0 Å². The van der Waals surface area contributed by atoms with Gasteiger partial charge in [0.2, 0.25) is 5.91 Å². The maximum Gasteiger partial charge on any atom is 0.338 e. The van der Waals surface area contributed by atoms with Gasteiger partial charge in [-0.1, -0.05) is 56.3 Å². The molecule has 3 aromatic rings. The van der Waals surface area contributed by atoms with Crippen LogP contribution in [-0.4, -0.2) is 40.6 Å². The van der Waals surface area contributed by atoms with Gasteiger partial charge in [0, 0.05) is 5.69 Å². The second-order valence-electron chi connectivity index (χ2n) is 8.23. The van der Waals surface area contributed by atoms with Gasteiger partial charge in [-0.05, 0) is 47.9 Å². The fourth-order valence-corrected chi connectivity index (χ4v) is 3.61. The van der Waals surface area contributed by atoms with Crippen molar-refractivity contribution in [3.8, 4) is 5.75 Å². The molecule has 182 valence electrons. The molecule has 0 saturated carbocycles. The molecule has 2 amide bonds. The Morgan fingerprint density at radius 3 is 2.14 bits per heavy atom. The van der Waals surface area contributed by atoms with Crippen LogP contribution in [0.15, 0.2) is 78.9 Å². The monoisotopic (exact) mass is 476 g/mol. The van der Waals surface area contributed by atoms with Crippen LogP contribution >= 0.6 is 0 Å². The summed E-state index contributed by atoms with van der Waals surface area (Å²) < 4.78 is 5.32. The van der Waals surface area contributed by atoms with Crippen LogP contribution in [0.1, 0.15) is 29.8 Å². The zero-order chi connectivity index (χ0) is 25.4. The minimum Gasteiger partial charge on any atom is -0.506 e. The average molecular weight is 477 g/mol. The number of esters is 1. The van der Waals surface area contributed by atoms with E-state index in [0.717, 1.165) is 10.5 Å². The first-order valence-corrected chi connectivity index (χ1v) is 11.1. The van der Waals surface area contributed by atoms with E-state index >= 15 is 0 Å². The summed E-state index contributed by atoms with van der Waals surface area (Å²) in [6.07, 6.45) is 0. The molecule has 0 fully saturated rings. The molecule has 0 aromatic heterocycles. The van der Waals surface area contributed by atoms with Crippen molar-refractivity contribution < 1.29 is 29.3 Å². The maximum absolute atomic E-state index is 13.2. The van der Waals surface area contributed by atoms with Gasteiger partial charge >= 0.3 is 5.97 Å². The lowest BCUT2D eigenvalue weighted by atomic mass is 10.00. The number of aliphatic hydroxyl groups is 1. The first kappa shape index (κ1) is 25.5. The average Bonchev–Trinajstić information content (AvgIpc) is 2.86. The van der Waals surface area contributed by atoms with E-state index in [1.165, 1.54) is 24.3 Å². The van der Waals surface area contributed by atoms with Gasteiger partial charge in [-0.25, -0.2) is 4.79 Å². The highest BCUT2D eigenvalue weighted by Crippen LogP contribution is 2.31. The predicted molar refractivity (Wildman–Crippen MR) is 132 cm³/mol. The SMILES string of the molecule is CC(C)C(C(=O)Nc1ccc(C(=O)OCc2ccccc2)cc1)N(C(=O)CO)c1ccccc1O. The molecule has 1 unspecified atom stereocenters.